The second-order valence-electron chi connectivity index (χ2n) is 7.40. The molecule has 0 unspecified atom stereocenters. The van der Waals surface area contributed by atoms with Crippen molar-refractivity contribution in [2.24, 2.45) is 0 Å². The molecule has 1 aromatic heterocycles. The summed E-state index contributed by atoms with van der Waals surface area (Å²) in [5, 5.41) is 13.1. The molecule has 0 spiro atoms. The zero-order valence-corrected chi connectivity index (χ0v) is 18.9. The third-order valence-corrected chi connectivity index (χ3v) is 5.72. The Balaban J connectivity index is 1.87. The predicted octanol–water partition coefficient (Wildman–Crippen LogP) is 7.66. The Hall–Kier alpha value is -3.52. The van der Waals surface area contributed by atoms with Crippen molar-refractivity contribution in [3.63, 3.8) is 0 Å². The van der Waals surface area contributed by atoms with E-state index in [4.69, 9.17) is 27.6 Å². The van der Waals surface area contributed by atoms with Gasteiger partial charge in [-0.3, -0.25) is 10.1 Å². The number of carbonyl (C=O) groups excluding carboxylic acids is 1. The lowest BCUT2D eigenvalue weighted by molar-refractivity contribution is 0.102. The van der Waals surface area contributed by atoms with Gasteiger partial charge in [0.25, 0.3) is 5.91 Å². The number of nitrogens with zero attached hydrogens (tertiary/aromatic N) is 1. The van der Waals surface area contributed by atoms with Gasteiger partial charge in [-0.05, 0) is 31.5 Å². The van der Waals surface area contributed by atoms with Crippen LogP contribution in [0.4, 0.5) is 5.88 Å². The maximum absolute atomic E-state index is 13.0. The van der Waals surface area contributed by atoms with Crippen LogP contribution in [0.25, 0.3) is 22.5 Å². The molecule has 0 aliphatic heterocycles. The highest BCUT2D eigenvalue weighted by Gasteiger charge is 2.25. The quantitative estimate of drug-likeness (QED) is 0.339. The summed E-state index contributed by atoms with van der Waals surface area (Å²) in [6.07, 6.45) is 0. The number of halogens is 2. The third-order valence-electron chi connectivity index (χ3n) is 5.09. The summed E-state index contributed by atoms with van der Waals surface area (Å²) >= 11 is 12.4. The molecule has 158 valence electrons. The molecule has 3 aromatic carbocycles. The summed E-state index contributed by atoms with van der Waals surface area (Å²) in [5.74, 6) is -0.0256. The lowest BCUT2D eigenvalue weighted by Crippen LogP contribution is -2.13. The van der Waals surface area contributed by atoms with Crippen molar-refractivity contribution in [3.05, 3.63) is 99.0 Å². The second-order valence-corrected chi connectivity index (χ2v) is 8.22. The normalized spacial score (nSPS) is 10.6. The van der Waals surface area contributed by atoms with Crippen molar-refractivity contribution in [3.8, 4) is 28.5 Å². The Morgan fingerprint density at radius 3 is 1.94 bits per heavy atom. The maximum atomic E-state index is 13.0. The minimum atomic E-state index is -0.559. The Kier molecular flexibility index (Phi) is 6.05. The molecule has 0 fully saturated rings. The molecule has 0 aliphatic carbocycles. The molecule has 0 saturated heterocycles. The van der Waals surface area contributed by atoms with Crippen LogP contribution in [0.1, 0.15) is 27.0 Å². The van der Waals surface area contributed by atoms with Gasteiger partial charge in [-0.1, -0.05) is 88.9 Å². The van der Waals surface area contributed by atoms with Gasteiger partial charge >= 0.3 is 0 Å². The Labute approximate surface area is 196 Å². The van der Waals surface area contributed by atoms with Crippen molar-refractivity contribution < 1.29 is 9.21 Å². The van der Waals surface area contributed by atoms with Gasteiger partial charge in [-0.15, -0.1) is 0 Å². The van der Waals surface area contributed by atoms with Crippen molar-refractivity contribution >= 4 is 35.0 Å². The van der Waals surface area contributed by atoms with Crippen molar-refractivity contribution in [2.75, 3.05) is 5.32 Å². The molecule has 4 nitrogen and oxygen atoms in total. The average Bonchev–Trinajstić information content (AvgIpc) is 3.12. The Morgan fingerprint density at radius 1 is 0.875 bits per heavy atom. The minimum Gasteiger partial charge on any atom is -0.438 e. The smallest absolute Gasteiger partial charge is 0.261 e. The van der Waals surface area contributed by atoms with E-state index in [0.717, 1.165) is 22.3 Å². The molecule has 4 aromatic rings. The highest BCUT2D eigenvalue weighted by atomic mass is 35.5. The number of nitriles is 1. The number of nitrogens with one attached hydrogen (secondary N) is 1. The number of anilines is 1. The van der Waals surface area contributed by atoms with Gasteiger partial charge in [-0.2, -0.15) is 5.26 Å². The summed E-state index contributed by atoms with van der Waals surface area (Å²) in [4.78, 5) is 13.0. The molecule has 1 amide bonds. The number of benzene rings is 3. The van der Waals surface area contributed by atoms with Crippen LogP contribution in [0.5, 0.6) is 0 Å². The van der Waals surface area contributed by atoms with Crippen LogP contribution in [0, 0.1) is 25.2 Å². The van der Waals surface area contributed by atoms with Gasteiger partial charge in [0.15, 0.2) is 0 Å². The predicted molar refractivity (Wildman–Crippen MR) is 128 cm³/mol. The first-order valence-electron chi connectivity index (χ1n) is 9.85. The Bertz CT molecular complexity index is 1330. The van der Waals surface area contributed by atoms with Crippen molar-refractivity contribution in [1.82, 2.24) is 0 Å². The fraction of sp³-hybridized carbons (Fsp3) is 0.0769. The minimum absolute atomic E-state index is 0.0413. The second kappa shape index (κ2) is 8.92. The number of furan rings is 1. The number of hydrogen-bond acceptors (Lipinski definition) is 3. The molecule has 4 rings (SSSR count). The fourth-order valence-corrected chi connectivity index (χ4v) is 3.98. The molecule has 6 heteroatoms. The molecule has 32 heavy (non-hydrogen) atoms. The molecule has 1 N–H and O–H groups in total. The summed E-state index contributed by atoms with van der Waals surface area (Å²) < 4.78 is 6.08. The van der Waals surface area contributed by atoms with Gasteiger partial charge < -0.3 is 4.42 Å². The largest absolute Gasteiger partial charge is 0.438 e. The van der Waals surface area contributed by atoms with E-state index in [2.05, 4.69) is 11.4 Å². The third kappa shape index (κ3) is 4.13. The molecule has 0 bridgehead atoms. The van der Waals surface area contributed by atoms with Crippen LogP contribution < -0.4 is 5.32 Å². The van der Waals surface area contributed by atoms with Crippen LogP contribution in [0.2, 0.25) is 10.0 Å². The van der Waals surface area contributed by atoms with Gasteiger partial charge in [0.1, 0.15) is 17.4 Å². The molecule has 0 atom stereocenters. The van der Waals surface area contributed by atoms with E-state index in [1.807, 2.05) is 62.4 Å². The van der Waals surface area contributed by atoms with E-state index in [9.17, 15) is 10.1 Å². The first-order chi connectivity index (χ1) is 15.4. The van der Waals surface area contributed by atoms with Crippen LogP contribution in [0.15, 0.2) is 71.1 Å². The summed E-state index contributed by atoms with van der Waals surface area (Å²) in [5.41, 5.74) is 4.73. The van der Waals surface area contributed by atoms with Crippen LogP contribution in [0.3, 0.4) is 0 Å². The lowest BCUT2D eigenvalue weighted by Gasteiger charge is -2.06. The van der Waals surface area contributed by atoms with Crippen LogP contribution >= 0.6 is 23.2 Å². The van der Waals surface area contributed by atoms with Gasteiger partial charge in [0, 0.05) is 11.1 Å². The monoisotopic (exact) mass is 460 g/mol. The first kappa shape index (κ1) is 21.7. The van der Waals surface area contributed by atoms with E-state index >= 15 is 0 Å². The van der Waals surface area contributed by atoms with E-state index in [0.29, 0.717) is 11.3 Å². The zero-order chi connectivity index (χ0) is 22.8. The fourth-order valence-electron chi connectivity index (χ4n) is 3.41. The van der Waals surface area contributed by atoms with E-state index < -0.39 is 5.91 Å². The van der Waals surface area contributed by atoms with Crippen LogP contribution in [-0.2, 0) is 0 Å². The number of aryl methyl sites for hydroxylation is 2. The number of carbonyl (C=O) groups is 1. The summed E-state index contributed by atoms with van der Waals surface area (Å²) in [6, 6.07) is 22.5. The van der Waals surface area contributed by atoms with Gasteiger partial charge in [0.05, 0.1) is 15.6 Å². The molecule has 0 radical (unpaired) electrons. The van der Waals surface area contributed by atoms with Crippen molar-refractivity contribution in [1.29, 1.82) is 5.26 Å². The number of rotatable bonds is 4. The molecular formula is C26H18Cl2N2O2. The topological polar surface area (TPSA) is 66.0 Å². The van der Waals surface area contributed by atoms with E-state index in [1.165, 1.54) is 0 Å². The molecule has 1 heterocycles. The van der Waals surface area contributed by atoms with Gasteiger partial charge in [0.2, 0.25) is 5.88 Å². The van der Waals surface area contributed by atoms with E-state index in [-0.39, 0.29) is 27.1 Å². The highest BCUT2D eigenvalue weighted by molar-refractivity contribution is 6.40. The molecular weight excluding hydrogens is 443 g/mol. The first-order valence-corrected chi connectivity index (χ1v) is 10.6. The number of hydrogen-bond donors (Lipinski definition) is 1. The van der Waals surface area contributed by atoms with Crippen LogP contribution in [-0.4, -0.2) is 5.91 Å². The van der Waals surface area contributed by atoms with Crippen molar-refractivity contribution in [2.45, 2.75) is 13.8 Å². The highest BCUT2D eigenvalue weighted by Crippen LogP contribution is 2.42. The summed E-state index contributed by atoms with van der Waals surface area (Å²) in [7, 11) is 0. The molecule has 0 aliphatic rings. The van der Waals surface area contributed by atoms with E-state index in [1.54, 1.807) is 18.2 Å². The summed E-state index contributed by atoms with van der Waals surface area (Å²) in [6.45, 7) is 3.98. The number of amides is 1. The average molecular weight is 461 g/mol. The molecule has 0 saturated carbocycles. The lowest BCUT2D eigenvalue weighted by atomic mass is 9.97. The van der Waals surface area contributed by atoms with Gasteiger partial charge in [-0.25, -0.2) is 0 Å². The standard InChI is InChI=1S/C26H18Cl2N2O2/c1-15-6-10-17(11-7-15)22-19(14-29)26(32-24(22)18-12-8-16(2)9-13-18)30-25(31)23-20(27)4-3-5-21(23)28/h3-13H,1-2H3,(H,30,31). The zero-order valence-electron chi connectivity index (χ0n) is 17.4. The SMILES string of the molecule is Cc1ccc(-c2oc(NC(=O)c3c(Cl)cccc3Cl)c(C#N)c2-c2ccc(C)cc2)cc1. The Morgan fingerprint density at radius 2 is 1.41 bits per heavy atom. The maximum Gasteiger partial charge on any atom is 0.261 e.